The molecule has 0 unspecified atom stereocenters. The molecular formula is C20H26N4O3S2. The Morgan fingerprint density at radius 2 is 1.76 bits per heavy atom. The Balaban J connectivity index is 1.80. The molecule has 0 radical (unpaired) electrons. The Morgan fingerprint density at radius 1 is 1.14 bits per heavy atom. The number of carbonyl (C=O) groups is 1. The van der Waals surface area contributed by atoms with E-state index < -0.39 is 10.0 Å². The number of rotatable bonds is 7. The highest BCUT2D eigenvalue weighted by atomic mass is 32.2. The van der Waals surface area contributed by atoms with Crippen LogP contribution in [0.3, 0.4) is 0 Å². The standard InChI is InChI=1S/C20H26N4O3S2/c1-6-23(7-2)29(26,27)17-10-8-16(9-11-17)19(25)22(5)13-18-15(4)21-20-24(18)12-14(3)28-20/h8-12H,6-7,13H2,1-5H3. The zero-order chi connectivity index (χ0) is 21.3. The van der Waals surface area contributed by atoms with E-state index in [1.54, 1.807) is 49.3 Å². The summed E-state index contributed by atoms with van der Waals surface area (Å²) in [6, 6.07) is 6.14. The predicted molar refractivity (Wildman–Crippen MR) is 115 cm³/mol. The molecule has 0 fully saturated rings. The molecule has 7 nitrogen and oxygen atoms in total. The zero-order valence-electron chi connectivity index (χ0n) is 17.3. The van der Waals surface area contributed by atoms with Gasteiger partial charge in [-0.05, 0) is 38.1 Å². The number of hydrogen-bond donors (Lipinski definition) is 0. The number of benzene rings is 1. The second kappa shape index (κ2) is 8.25. The van der Waals surface area contributed by atoms with Crippen LogP contribution in [0, 0.1) is 13.8 Å². The Labute approximate surface area is 175 Å². The number of hydrogen-bond acceptors (Lipinski definition) is 5. The molecule has 0 spiro atoms. The van der Waals surface area contributed by atoms with Crippen molar-refractivity contribution in [1.29, 1.82) is 0 Å². The molecule has 0 N–H and O–H groups in total. The number of aromatic nitrogens is 2. The van der Waals surface area contributed by atoms with Crippen molar-refractivity contribution in [1.82, 2.24) is 18.6 Å². The summed E-state index contributed by atoms with van der Waals surface area (Å²) < 4.78 is 28.6. The van der Waals surface area contributed by atoms with Crippen molar-refractivity contribution < 1.29 is 13.2 Å². The molecular weight excluding hydrogens is 408 g/mol. The Bertz CT molecular complexity index is 1130. The maximum atomic E-state index is 12.9. The highest BCUT2D eigenvalue weighted by Crippen LogP contribution is 2.22. The van der Waals surface area contributed by atoms with Crippen LogP contribution in [0.5, 0.6) is 0 Å². The minimum Gasteiger partial charge on any atom is -0.336 e. The van der Waals surface area contributed by atoms with Crippen LogP contribution in [0.25, 0.3) is 4.96 Å². The van der Waals surface area contributed by atoms with Crippen molar-refractivity contribution in [2.24, 2.45) is 0 Å². The van der Waals surface area contributed by atoms with Crippen molar-refractivity contribution in [2.75, 3.05) is 20.1 Å². The fraction of sp³-hybridized carbons (Fsp3) is 0.400. The third-order valence-corrected chi connectivity index (χ3v) is 7.88. The first-order valence-corrected chi connectivity index (χ1v) is 11.7. The Hall–Kier alpha value is -2.23. The number of aryl methyl sites for hydroxylation is 2. The van der Waals surface area contributed by atoms with Crippen LogP contribution in [-0.2, 0) is 16.6 Å². The molecule has 0 aliphatic heterocycles. The van der Waals surface area contributed by atoms with Crippen molar-refractivity contribution in [3.8, 4) is 0 Å². The molecule has 3 aromatic rings. The smallest absolute Gasteiger partial charge is 0.253 e. The summed E-state index contributed by atoms with van der Waals surface area (Å²) in [7, 11) is -1.80. The van der Waals surface area contributed by atoms with Gasteiger partial charge in [-0.15, -0.1) is 11.3 Å². The second-order valence-electron chi connectivity index (χ2n) is 6.91. The van der Waals surface area contributed by atoms with Crippen molar-refractivity contribution in [3.05, 3.63) is 52.3 Å². The van der Waals surface area contributed by atoms with Gasteiger partial charge in [0.1, 0.15) is 0 Å². The van der Waals surface area contributed by atoms with E-state index in [-0.39, 0.29) is 10.8 Å². The molecule has 1 amide bonds. The van der Waals surface area contributed by atoms with E-state index >= 15 is 0 Å². The van der Waals surface area contributed by atoms with E-state index in [4.69, 9.17) is 0 Å². The monoisotopic (exact) mass is 434 g/mol. The lowest BCUT2D eigenvalue weighted by molar-refractivity contribution is 0.0783. The van der Waals surface area contributed by atoms with Crippen molar-refractivity contribution in [3.63, 3.8) is 0 Å². The lowest BCUT2D eigenvalue weighted by atomic mass is 10.2. The van der Waals surface area contributed by atoms with Crippen molar-refractivity contribution >= 4 is 32.2 Å². The summed E-state index contributed by atoms with van der Waals surface area (Å²) in [5, 5.41) is 0. The first kappa shape index (κ1) is 21.5. The molecule has 2 aromatic heterocycles. The fourth-order valence-electron chi connectivity index (χ4n) is 3.30. The fourth-order valence-corrected chi connectivity index (χ4v) is 5.65. The summed E-state index contributed by atoms with van der Waals surface area (Å²) in [5.74, 6) is -0.168. The maximum absolute atomic E-state index is 12.9. The highest BCUT2D eigenvalue weighted by Gasteiger charge is 2.22. The minimum absolute atomic E-state index is 0.168. The maximum Gasteiger partial charge on any atom is 0.253 e. The van der Waals surface area contributed by atoms with Gasteiger partial charge in [-0.3, -0.25) is 9.20 Å². The third-order valence-electron chi connectivity index (χ3n) is 4.92. The normalized spacial score (nSPS) is 12.1. The van der Waals surface area contributed by atoms with E-state index in [2.05, 4.69) is 4.98 Å². The molecule has 0 atom stereocenters. The van der Waals surface area contributed by atoms with Crippen LogP contribution in [0.1, 0.15) is 40.5 Å². The number of imidazole rings is 1. The molecule has 0 aliphatic rings. The predicted octanol–water partition coefficient (Wildman–Crippen LogP) is 3.32. The van der Waals surface area contributed by atoms with E-state index in [0.717, 1.165) is 21.2 Å². The molecule has 29 heavy (non-hydrogen) atoms. The van der Waals surface area contributed by atoms with Gasteiger partial charge in [-0.2, -0.15) is 4.31 Å². The number of sulfonamides is 1. The number of nitrogens with zero attached hydrogens (tertiary/aromatic N) is 4. The summed E-state index contributed by atoms with van der Waals surface area (Å²) in [6.07, 6.45) is 2.03. The van der Waals surface area contributed by atoms with Crippen LogP contribution < -0.4 is 0 Å². The Kier molecular flexibility index (Phi) is 6.11. The molecule has 156 valence electrons. The number of thiazole rings is 1. The summed E-state index contributed by atoms with van der Waals surface area (Å²) in [5.41, 5.74) is 2.32. The van der Waals surface area contributed by atoms with Gasteiger partial charge in [0.2, 0.25) is 10.0 Å². The van der Waals surface area contributed by atoms with Gasteiger partial charge in [0.05, 0.1) is 22.8 Å². The molecule has 9 heteroatoms. The van der Waals surface area contributed by atoms with Gasteiger partial charge >= 0.3 is 0 Å². The quantitative estimate of drug-likeness (QED) is 0.572. The van der Waals surface area contributed by atoms with E-state index in [9.17, 15) is 13.2 Å². The van der Waals surface area contributed by atoms with Gasteiger partial charge in [-0.25, -0.2) is 13.4 Å². The highest BCUT2D eigenvalue weighted by molar-refractivity contribution is 7.89. The Morgan fingerprint density at radius 3 is 2.34 bits per heavy atom. The van der Waals surface area contributed by atoms with Crippen LogP contribution in [0.2, 0.25) is 0 Å². The largest absolute Gasteiger partial charge is 0.336 e. The minimum atomic E-state index is -3.53. The number of carbonyl (C=O) groups excluding carboxylic acids is 1. The van der Waals surface area contributed by atoms with Gasteiger partial charge < -0.3 is 4.90 Å². The van der Waals surface area contributed by atoms with Crippen LogP contribution in [-0.4, -0.2) is 53.1 Å². The third kappa shape index (κ3) is 4.08. The zero-order valence-corrected chi connectivity index (χ0v) is 19.0. The van der Waals surface area contributed by atoms with Crippen LogP contribution in [0.4, 0.5) is 0 Å². The number of fused-ring (bicyclic) bond motifs is 1. The summed E-state index contributed by atoms with van der Waals surface area (Å²) in [6.45, 7) is 8.81. The van der Waals surface area contributed by atoms with E-state index in [1.807, 2.05) is 24.4 Å². The van der Waals surface area contributed by atoms with Gasteiger partial charge in [0.25, 0.3) is 5.91 Å². The van der Waals surface area contributed by atoms with Crippen LogP contribution in [0.15, 0.2) is 35.4 Å². The van der Waals surface area contributed by atoms with E-state index in [0.29, 0.717) is 25.2 Å². The summed E-state index contributed by atoms with van der Waals surface area (Å²) in [4.78, 5) is 21.3. The van der Waals surface area contributed by atoms with Gasteiger partial charge in [0, 0.05) is 36.8 Å². The molecule has 3 rings (SSSR count). The molecule has 0 aliphatic carbocycles. The molecule has 0 bridgehead atoms. The lowest BCUT2D eigenvalue weighted by Gasteiger charge is -2.19. The first-order chi connectivity index (χ1) is 13.7. The molecule has 0 saturated heterocycles. The SMILES string of the molecule is CCN(CC)S(=O)(=O)c1ccc(C(=O)N(C)Cc2c(C)nc3sc(C)cn23)cc1. The first-order valence-electron chi connectivity index (χ1n) is 9.48. The topological polar surface area (TPSA) is 75.0 Å². The number of amides is 1. The average Bonchev–Trinajstić information content (AvgIpc) is 3.18. The second-order valence-corrected chi connectivity index (χ2v) is 10.1. The van der Waals surface area contributed by atoms with E-state index in [1.165, 1.54) is 16.4 Å². The molecule has 2 heterocycles. The molecule has 1 aromatic carbocycles. The van der Waals surface area contributed by atoms with Gasteiger partial charge in [0.15, 0.2) is 4.96 Å². The summed E-state index contributed by atoms with van der Waals surface area (Å²) >= 11 is 1.62. The van der Waals surface area contributed by atoms with Crippen molar-refractivity contribution in [2.45, 2.75) is 39.1 Å². The average molecular weight is 435 g/mol. The van der Waals surface area contributed by atoms with Crippen LogP contribution >= 0.6 is 11.3 Å². The van der Waals surface area contributed by atoms with Gasteiger partial charge in [-0.1, -0.05) is 13.8 Å². The lowest BCUT2D eigenvalue weighted by Crippen LogP contribution is -2.30. The molecule has 0 saturated carbocycles.